The van der Waals surface area contributed by atoms with Crippen LogP contribution in [0.25, 0.3) is 10.9 Å². The van der Waals surface area contributed by atoms with Gasteiger partial charge < -0.3 is 5.73 Å². The number of nitrogens with zero attached hydrogens (tertiary/aromatic N) is 1. The molecule has 0 unspecified atom stereocenters. The Bertz CT molecular complexity index is 590. The van der Waals surface area contributed by atoms with Crippen LogP contribution in [0.2, 0.25) is 0 Å². The van der Waals surface area contributed by atoms with Gasteiger partial charge >= 0.3 is 6.18 Å². The summed E-state index contributed by atoms with van der Waals surface area (Å²) in [6, 6.07) is 3.86. The Labute approximate surface area is 94.1 Å². The van der Waals surface area contributed by atoms with Gasteiger partial charge in [-0.1, -0.05) is 12.1 Å². The number of fused-ring (bicyclic) bond motifs is 1. The van der Waals surface area contributed by atoms with E-state index in [0.29, 0.717) is 0 Å². The number of halogens is 4. The zero-order valence-electron chi connectivity index (χ0n) is 8.77. The van der Waals surface area contributed by atoms with E-state index in [1.165, 1.54) is 19.1 Å². The van der Waals surface area contributed by atoms with E-state index in [9.17, 15) is 17.6 Å². The maximum atomic E-state index is 13.4. The van der Waals surface area contributed by atoms with Crippen LogP contribution in [0.15, 0.2) is 18.2 Å². The lowest BCUT2D eigenvalue weighted by atomic mass is 10.1. The summed E-state index contributed by atoms with van der Waals surface area (Å²) in [5, 5.41) is 0.190. The SMILES string of the molecule is Cc1c(C(F)(F)F)nc2c(F)cccc2c1N. The normalized spacial score (nSPS) is 12.1. The third-order valence-corrected chi connectivity index (χ3v) is 2.53. The van der Waals surface area contributed by atoms with Gasteiger partial charge in [-0.15, -0.1) is 0 Å². The number of para-hydroxylation sites is 1. The van der Waals surface area contributed by atoms with Gasteiger partial charge in [0.1, 0.15) is 17.0 Å². The first-order valence-corrected chi connectivity index (χ1v) is 4.74. The number of hydrogen-bond donors (Lipinski definition) is 1. The Kier molecular flexibility index (Phi) is 2.45. The first-order valence-electron chi connectivity index (χ1n) is 4.74. The molecular formula is C11H8F4N2. The van der Waals surface area contributed by atoms with E-state index < -0.39 is 17.7 Å². The number of pyridine rings is 1. The van der Waals surface area contributed by atoms with Crippen molar-refractivity contribution in [2.75, 3.05) is 5.73 Å². The van der Waals surface area contributed by atoms with E-state index in [1.807, 2.05) is 0 Å². The minimum absolute atomic E-state index is 0.0955. The second-order valence-electron chi connectivity index (χ2n) is 3.63. The van der Waals surface area contributed by atoms with Gasteiger partial charge in [-0.2, -0.15) is 13.2 Å². The molecule has 1 aromatic heterocycles. The summed E-state index contributed by atoms with van der Waals surface area (Å²) in [4.78, 5) is 3.33. The number of aromatic nitrogens is 1. The highest BCUT2D eigenvalue weighted by molar-refractivity contribution is 5.92. The molecule has 0 amide bonds. The summed E-state index contributed by atoms with van der Waals surface area (Å²) in [6.45, 7) is 1.22. The quantitative estimate of drug-likeness (QED) is 0.722. The van der Waals surface area contributed by atoms with Crippen LogP contribution in [0, 0.1) is 12.7 Å². The van der Waals surface area contributed by atoms with E-state index in [0.717, 1.165) is 6.07 Å². The molecular weight excluding hydrogens is 236 g/mol. The summed E-state index contributed by atoms with van der Waals surface area (Å²) in [6.07, 6.45) is -4.64. The first-order chi connectivity index (χ1) is 7.82. The van der Waals surface area contributed by atoms with Crippen molar-refractivity contribution in [3.05, 3.63) is 35.3 Å². The van der Waals surface area contributed by atoms with E-state index in [4.69, 9.17) is 5.73 Å². The van der Waals surface area contributed by atoms with Crippen molar-refractivity contribution in [3.8, 4) is 0 Å². The van der Waals surface area contributed by atoms with Gasteiger partial charge in [-0.25, -0.2) is 9.37 Å². The molecule has 1 aromatic carbocycles. The van der Waals surface area contributed by atoms with E-state index in [1.54, 1.807) is 0 Å². The Balaban J connectivity index is 2.91. The second kappa shape index (κ2) is 3.58. The summed E-state index contributed by atoms with van der Waals surface area (Å²) in [7, 11) is 0. The van der Waals surface area contributed by atoms with Gasteiger partial charge in [-0.05, 0) is 13.0 Å². The Morgan fingerprint density at radius 2 is 1.88 bits per heavy atom. The number of hydrogen-bond acceptors (Lipinski definition) is 2. The molecule has 2 rings (SSSR count). The van der Waals surface area contributed by atoms with Crippen molar-refractivity contribution in [2.45, 2.75) is 13.1 Å². The van der Waals surface area contributed by atoms with E-state index in [-0.39, 0.29) is 22.2 Å². The molecule has 1 heterocycles. The van der Waals surface area contributed by atoms with Crippen molar-refractivity contribution in [2.24, 2.45) is 0 Å². The molecule has 0 aliphatic carbocycles. The fourth-order valence-electron chi connectivity index (χ4n) is 1.65. The van der Waals surface area contributed by atoms with Gasteiger partial charge in [0.05, 0.1) is 0 Å². The lowest BCUT2D eigenvalue weighted by Gasteiger charge is -2.13. The molecule has 2 nitrogen and oxygen atoms in total. The zero-order chi connectivity index (χ0) is 12.8. The van der Waals surface area contributed by atoms with Crippen LogP contribution < -0.4 is 5.73 Å². The molecule has 0 aliphatic heterocycles. The molecule has 0 saturated heterocycles. The van der Waals surface area contributed by atoms with Gasteiger partial charge in [-0.3, -0.25) is 0 Å². The van der Waals surface area contributed by atoms with Crippen LogP contribution >= 0.6 is 0 Å². The number of alkyl halides is 3. The molecule has 2 N–H and O–H groups in total. The average molecular weight is 244 g/mol. The highest BCUT2D eigenvalue weighted by atomic mass is 19.4. The van der Waals surface area contributed by atoms with Gasteiger partial charge in [0.2, 0.25) is 0 Å². The van der Waals surface area contributed by atoms with Crippen LogP contribution in [-0.2, 0) is 6.18 Å². The Hall–Kier alpha value is -1.85. The standard InChI is InChI=1S/C11H8F4N2/c1-5-8(16)6-3-2-4-7(12)9(6)17-10(5)11(13,14)15/h2-4H,1H3,(H2,16,17). The molecule has 6 heteroatoms. The Morgan fingerprint density at radius 3 is 2.47 bits per heavy atom. The molecule has 90 valence electrons. The van der Waals surface area contributed by atoms with Crippen LogP contribution in [0.3, 0.4) is 0 Å². The summed E-state index contributed by atoms with van der Waals surface area (Å²) in [5.74, 6) is -0.820. The third-order valence-electron chi connectivity index (χ3n) is 2.53. The predicted octanol–water partition coefficient (Wildman–Crippen LogP) is 3.28. The number of nitrogen functional groups attached to an aromatic ring is 1. The van der Waals surface area contributed by atoms with Crippen LogP contribution in [0.5, 0.6) is 0 Å². The largest absolute Gasteiger partial charge is 0.433 e. The Morgan fingerprint density at radius 1 is 1.24 bits per heavy atom. The molecule has 2 aromatic rings. The third kappa shape index (κ3) is 1.79. The monoisotopic (exact) mass is 244 g/mol. The van der Waals surface area contributed by atoms with Crippen molar-refractivity contribution < 1.29 is 17.6 Å². The predicted molar refractivity (Wildman–Crippen MR) is 55.9 cm³/mol. The fourth-order valence-corrected chi connectivity index (χ4v) is 1.65. The van der Waals surface area contributed by atoms with Crippen LogP contribution in [0.1, 0.15) is 11.3 Å². The maximum absolute atomic E-state index is 13.4. The summed E-state index contributed by atoms with van der Waals surface area (Å²) >= 11 is 0. The molecule has 0 atom stereocenters. The fraction of sp³-hybridized carbons (Fsp3) is 0.182. The molecule has 0 aliphatic rings. The van der Waals surface area contributed by atoms with Gasteiger partial charge in [0.25, 0.3) is 0 Å². The number of rotatable bonds is 0. The topological polar surface area (TPSA) is 38.9 Å². The molecule has 17 heavy (non-hydrogen) atoms. The molecule has 0 saturated carbocycles. The zero-order valence-corrected chi connectivity index (χ0v) is 8.77. The number of anilines is 1. The molecule has 0 radical (unpaired) electrons. The summed E-state index contributed by atoms with van der Waals surface area (Å²) in [5.41, 5.74) is 3.79. The lowest BCUT2D eigenvalue weighted by molar-refractivity contribution is -0.141. The smallest absolute Gasteiger partial charge is 0.398 e. The molecule has 0 fully saturated rings. The molecule has 0 spiro atoms. The van der Waals surface area contributed by atoms with Crippen molar-refractivity contribution in [1.29, 1.82) is 0 Å². The molecule has 0 bridgehead atoms. The van der Waals surface area contributed by atoms with Gasteiger partial charge in [0.15, 0.2) is 0 Å². The summed E-state index contributed by atoms with van der Waals surface area (Å²) < 4.78 is 51.3. The van der Waals surface area contributed by atoms with Crippen molar-refractivity contribution >= 4 is 16.6 Å². The van der Waals surface area contributed by atoms with E-state index >= 15 is 0 Å². The maximum Gasteiger partial charge on any atom is 0.433 e. The minimum Gasteiger partial charge on any atom is -0.398 e. The van der Waals surface area contributed by atoms with E-state index in [2.05, 4.69) is 4.98 Å². The van der Waals surface area contributed by atoms with Gasteiger partial charge in [0, 0.05) is 16.6 Å². The average Bonchev–Trinajstić information content (AvgIpc) is 2.22. The van der Waals surface area contributed by atoms with Crippen LogP contribution in [0.4, 0.5) is 23.2 Å². The second-order valence-corrected chi connectivity index (χ2v) is 3.63. The highest BCUT2D eigenvalue weighted by Gasteiger charge is 2.36. The van der Waals surface area contributed by atoms with Crippen molar-refractivity contribution in [1.82, 2.24) is 4.98 Å². The van der Waals surface area contributed by atoms with Crippen molar-refractivity contribution in [3.63, 3.8) is 0 Å². The highest BCUT2D eigenvalue weighted by Crippen LogP contribution is 2.36. The number of benzene rings is 1. The van der Waals surface area contributed by atoms with Crippen LogP contribution in [-0.4, -0.2) is 4.98 Å². The lowest BCUT2D eigenvalue weighted by Crippen LogP contribution is -2.13. The first kappa shape index (κ1) is 11.6. The number of nitrogens with two attached hydrogens (primary N) is 1. The minimum atomic E-state index is -4.64.